The van der Waals surface area contributed by atoms with Crippen molar-refractivity contribution in [2.75, 3.05) is 40.9 Å². The van der Waals surface area contributed by atoms with E-state index in [1.54, 1.807) is 6.08 Å². The van der Waals surface area contributed by atoms with Gasteiger partial charge >= 0.3 is 0 Å². The molecule has 0 heterocycles. The van der Waals surface area contributed by atoms with Gasteiger partial charge in [-0.05, 0) is 64.2 Å². The topological polar surface area (TPSA) is 108 Å². The van der Waals surface area contributed by atoms with Crippen molar-refractivity contribution < 1.29 is 32.9 Å². The van der Waals surface area contributed by atoms with Crippen LogP contribution in [0.1, 0.15) is 206 Å². The van der Waals surface area contributed by atoms with Gasteiger partial charge in [0.1, 0.15) is 13.2 Å². The van der Waals surface area contributed by atoms with E-state index < -0.39 is 26.6 Å². The molecule has 0 fully saturated rings. The van der Waals surface area contributed by atoms with Gasteiger partial charge in [0.05, 0.1) is 39.9 Å². The van der Waals surface area contributed by atoms with Crippen LogP contribution in [0.4, 0.5) is 0 Å². The number of unbranched alkanes of at least 4 members (excludes halogenated alkanes) is 24. The summed E-state index contributed by atoms with van der Waals surface area (Å²) in [6.07, 6.45) is 51.8. The molecule has 0 aliphatic heterocycles. The molecule has 58 heavy (non-hydrogen) atoms. The van der Waals surface area contributed by atoms with Crippen LogP contribution in [0.5, 0.6) is 0 Å². The first-order valence-electron chi connectivity index (χ1n) is 24.0. The lowest BCUT2D eigenvalue weighted by Crippen LogP contribution is -2.45. The maximum absolute atomic E-state index is 12.9. The zero-order valence-corrected chi connectivity index (χ0v) is 39.4. The quantitative estimate of drug-likeness (QED) is 0.0274. The summed E-state index contributed by atoms with van der Waals surface area (Å²) >= 11 is 0. The maximum Gasteiger partial charge on any atom is 0.268 e. The number of likely N-dealkylation sites (N-methyl/N-ethyl adjacent to an activating group) is 1. The summed E-state index contributed by atoms with van der Waals surface area (Å²) in [5.74, 6) is -0.214. The highest BCUT2D eigenvalue weighted by Crippen LogP contribution is 2.38. The average Bonchev–Trinajstić information content (AvgIpc) is 3.17. The SMILES string of the molecule is CCCCCCC/C=C/CC/C=C/C(O)C(COP(=O)([O-])OCC[N+](C)(C)C)NC(=O)CCCCCCCCCCC/C=C\C/C=C\CCCCCCCCCCC. The molecule has 0 spiro atoms. The Morgan fingerprint density at radius 2 is 1.02 bits per heavy atom. The van der Waals surface area contributed by atoms with E-state index in [4.69, 9.17) is 9.05 Å². The fourth-order valence-corrected chi connectivity index (χ4v) is 7.39. The molecule has 0 aromatic carbocycles. The summed E-state index contributed by atoms with van der Waals surface area (Å²) in [6, 6.07) is -0.904. The number of aliphatic hydroxyl groups is 1. The third-order valence-corrected chi connectivity index (χ3v) is 11.5. The molecule has 0 aromatic heterocycles. The minimum Gasteiger partial charge on any atom is -0.756 e. The highest BCUT2D eigenvalue weighted by atomic mass is 31.2. The van der Waals surface area contributed by atoms with Gasteiger partial charge in [-0.2, -0.15) is 0 Å². The average molecular weight is 837 g/mol. The van der Waals surface area contributed by atoms with E-state index in [2.05, 4.69) is 55.6 Å². The molecular weight excluding hydrogens is 744 g/mol. The molecule has 8 nitrogen and oxygen atoms in total. The second kappa shape index (κ2) is 40.8. The molecule has 0 aromatic rings. The van der Waals surface area contributed by atoms with E-state index >= 15 is 0 Å². The summed E-state index contributed by atoms with van der Waals surface area (Å²) < 4.78 is 23.2. The Kier molecular flexibility index (Phi) is 39.8. The van der Waals surface area contributed by atoms with Gasteiger partial charge in [-0.3, -0.25) is 9.36 Å². The van der Waals surface area contributed by atoms with Gasteiger partial charge in [0, 0.05) is 6.42 Å². The van der Waals surface area contributed by atoms with Gasteiger partial charge in [0.25, 0.3) is 7.82 Å². The molecule has 9 heteroatoms. The van der Waals surface area contributed by atoms with Gasteiger partial charge < -0.3 is 28.8 Å². The van der Waals surface area contributed by atoms with Crippen LogP contribution >= 0.6 is 7.82 Å². The van der Waals surface area contributed by atoms with Crippen LogP contribution in [-0.4, -0.2) is 68.5 Å². The first-order valence-corrected chi connectivity index (χ1v) is 25.5. The number of nitrogens with zero attached hydrogens (tertiary/aromatic N) is 1. The molecule has 0 radical (unpaired) electrons. The Hall–Kier alpha value is -1.54. The molecule has 1 amide bonds. The van der Waals surface area contributed by atoms with Gasteiger partial charge in [-0.15, -0.1) is 0 Å². The number of rotatable bonds is 43. The Balaban J connectivity index is 4.25. The number of hydrogen-bond donors (Lipinski definition) is 2. The van der Waals surface area contributed by atoms with Crippen LogP contribution in [0.3, 0.4) is 0 Å². The molecule has 0 saturated heterocycles. The molecular formula is C49H93N2O6P. The number of amides is 1. The first kappa shape index (κ1) is 56.5. The van der Waals surface area contributed by atoms with E-state index in [0.717, 1.165) is 44.9 Å². The molecule has 0 aliphatic rings. The van der Waals surface area contributed by atoms with Crippen LogP contribution in [0.15, 0.2) is 48.6 Å². The van der Waals surface area contributed by atoms with Crippen molar-refractivity contribution in [3.8, 4) is 0 Å². The van der Waals surface area contributed by atoms with E-state index in [1.807, 2.05) is 27.2 Å². The molecule has 0 bridgehead atoms. The third-order valence-electron chi connectivity index (χ3n) is 10.5. The zero-order chi connectivity index (χ0) is 42.8. The molecule has 0 saturated carbocycles. The molecule has 2 N–H and O–H groups in total. The summed E-state index contributed by atoms with van der Waals surface area (Å²) in [6.45, 7) is 4.59. The number of allylic oxidation sites excluding steroid dienone is 7. The normalized spacial score (nSPS) is 14.7. The Bertz CT molecular complexity index is 1090. The predicted molar refractivity (Wildman–Crippen MR) is 247 cm³/mol. The van der Waals surface area contributed by atoms with Gasteiger partial charge in [0.15, 0.2) is 0 Å². The monoisotopic (exact) mass is 837 g/mol. The minimum absolute atomic E-state index is 0.00856. The molecule has 340 valence electrons. The molecule has 3 unspecified atom stereocenters. The zero-order valence-electron chi connectivity index (χ0n) is 38.5. The summed E-state index contributed by atoms with van der Waals surface area (Å²) in [5.41, 5.74) is 0. The largest absolute Gasteiger partial charge is 0.756 e. The van der Waals surface area contributed by atoms with Crippen molar-refractivity contribution in [1.29, 1.82) is 0 Å². The first-order chi connectivity index (χ1) is 28.0. The van der Waals surface area contributed by atoms with Gasteiger partial charge in [-0.25, -0.2) is 0 Å². The fourth-order valence-electron chi connectivity index (χ4n) is 6.67. The highest BCUT2D eigenvalue weighted by molar-refractivity contribution is 7.45. The number of hydrogen-bond acceptors (Lipinski definition) is 6. The standard InChI is InChI=1S/C49H93N2O6P/c1-6-8-10-12-14-16-18-19-20-21-22-23-24-25-26-27-28-29-30-31-33-35-37-39-41-43-49(53)50-47(46-57-58(54,55)56-45-44-51(3,4)5)48(52)42-40-38-36-34-32-17-15-13-11-9-7-2/h22-23,25-26,32,34,40,42,47-48,52H,6-21,24,27-31,33,35-39,41,43-46H2,1-5H3,(H-,50,53,54,55)/b23-22-,26-25-,34-32+,42-40+. The molecule has 0 rings (SSSR count). The predicted octanol–water partition coefficient (Wildman–Crippen LogP) is 13.0. The van der Waals surface area contributed by atoms with Crippen molar-refractivity contribution >= 4 is 13.7 Å². The summed E-state index contributed by atoms with van der Waals surface area (Å²) in [7, 11) is 1.24. The van der Waals surface area contributed by atoms with Gasteiger partial charge in [0.2, 0.25) is 5.91 Å². The smallest absolute Gasteiger partial charge is 0.268 e. The van der Waals surface area contributed by atoms with E-state index in [9.17, 15) is 19.4 Å². The van der Waals surface area contributed by atoms with Crippen molar-refractivity contribution in [3.63, 3.8) is 0 Å². The number of quaternary nitrogens is 1. The summed E-state index contributed by atoms with van der Waals surface area (Å²) in [5, 5.41) is 13.7. The number of phosphoric acid groups is 1. The maximum atomic E-state index is 12.9. The van der Waals surface area contributed by atoms with E-state index in [0.29, 0.717) is 17.4 Å². The number of carbonyl (C=O) groups is 1. The molecule has 0 aliphatic carbocycles. The second-order valence-electron chi connectivity index (χ2n) is 17.5. The van der Waals surface area contributed by atoms with Crippen molar-refractivity contribution in [1.82, 2.24) is 5.32 Å². The Labute approximate surface area is 359 Å². The second-order valence-corrected chi connectivity index (χ2v) is 18.9. The number of phosphoric ester groups is 1. The van der Waals surface area contributed by atoms with Crippen molar-refractivity contribution in [2.24, 2.45) is 0 Å². The number of nitrogens with one attached hydrogen (secondary N) is 1. The Morgan fingerprint density at radius 3 is 1.50 bits per heavy atom. The van der Waals surface area contributed by atoms with Crippen LogP contribution in [-0.2, 0) is 18.4 Å². The van der Waals surface area contributed by atoms with Gasteiger partial charge in [-0.1, -0.05) is 184 Å². The lowest BCUT2D eigenvalue weighted by molar-refractivity contribution is -0.870. The number of aliphatic hydroxyl groups excluding tert-OH is 1. The Morgan fingerprint density at radius 1 is 0.603 bits per heavy atom. The van der Waals surface area contributed by atoms with Crippen molar-refractivity contribution in [2.45, 2.75) is 219 Å². The lowest BCUT2D eigenvalue weighted by atomic mass is 10.1. The van der Waals surface area contributed by atoms with Crippen LogP contribution in [0.25, 0.3) is 0 Å². The van der Waals surface area contributed by atoms with E-state index in [-0.39, 0.29) is 12.5 Å². The van der Waals surface area contributed by atoms with E-state index in [1.165, 1.54) is 141 Å². The lowest BCUT2D eigenvalue weighted by Gasteiger charge is -2.29. The highest BCUT2D eigenvalue weighted by Gasteiger charge is 2.23. The molecule has 3 atom stereocenters. The summed E-state index contributed by atoms with van der Waals surface area (Å²) in [4.78, 5) is 25.3. The van der Waals surface area contributed by atoms with Crippen LogP contribution < -0.4 is 10.2 Å². The van der Waals surface area contributed by atoms with Crippen molar-refractivity contribution in [3.05, 3.63) is 48.6 Å². The third kappa shape index (κ3) is 42.6. The van der Waals surface area contributed by atoms with Crippen LogP contribution in [0, 0.1) is 0 Å². The number of carbonyl (C=O) groups excluding carboxylic acids is 1. The fraction of sp³-hybridized carbons (Fsp3) is 0.816. The minimum atomic E-state index is -4.60. The van der Waals surface area contributed by atoms with Crippen LogP contribution in [0.2, 0.25) is 0 Å².